The number of amides is 1. The number of thioether (sulfide) groups is 1. The van der Waals surface area contributed by atoms with Gasteiger partial charge in [-0.05, 0) is 12.1 Å². The van der Waals surface area contributed by atoms with Crippen LogP contribution in [0.4, 0.5) is 18.9 Å². The lowest BCUT2D eigenvalue weighted by atomic mass is 10.3. The van der Waals surface area contributed by atoms with Crippen LogP contribution in [0.1, 0.15) is 10.5 Å². The number of nitrogens with zero attached hydrogens (tertiary/aromatic N) is 3. The van der Waals surface area contributed by atoms with Gasteiger partial charge in [0, 0.05) is 29.1 Å². The van der Waals surface area contributed by atoms with Gasteiger partial charge in [-0.1, -0.05) is 12.1 Å². The molecule has 0 saturated heterocycles. The molecule has 0 spiro atoms. The smallest absolute Gasteiger partial charge is 0.320 e. The predicted molar refractivity (Wildman–Crippen MR) is 95.5 cm³/mol. The van der Waals surface area contributed by atoms with Gasteiger partial charge in [-0.2, -0.15) is 18.3 Å². The third kappa shape index (κ3) is 4.64. The monoisotopic (exact) mass is 398 g/mol. The zero-order valence-electron chi connectivity index (χ0n) is 13.4. The number of halogens is 3. The second-order valence-corrected chi connectivity index (χ2v) is 7.17. The Morgan fingerprint density at radius 2 is 2.12 bits per heavy atom. The molecular formula is C16H13F3N4OS2. The zero-order chi connectivity index (χ0) is 18.7. The van der Waals surface area contributed by atoms with E-state index in [1.807, 2.05) is 0 Å². The van der Waals surface area contributed by atoms with E-state index in [9.17, 15) is 18.0 Å². The largest absolute Gasteiger partial charge is 0.398 e. The summed E-state index contributed by atoms with van der Waals surface area (Å²) in [5.41, 5.74) is 1.31. The summed E-state index contributed by atoms with van der Waals surface area (Å²) in [4.78, 5) is 17.0. The molecule has 2 aromatic heterocycles. The Morgan fingerprint density at radius 3 is 2.81 bits per heavy atom. The van der Waals surface area contributed by atoms with E-state index in [-0.39, 0.29) is 5.69 Å². The summed E-state index contributed by atoms with van der Waals surface area (Å²) in [7, 11) is 1.78. The van der Waals surface area contributed by atoms with Gasteiger partial charge in [-0.3, -0.25) is 9.48 Å². The molecule has 0 aliphatic carbocycles. The lowest BCUT2D eigenvalue weighted by Gasteiger charge is -2.11. The molecule has 1 amide bonds. The predicted octanol–water partition coefficient (Wildman–Crippen LogP) is 4.45. The molecule has 10 heteroatoms. The molecule has 0 bridgehead atoms. The first-order valence-electron chi connectivity index (χ1n) is 7.36. The number of carbonyl (C=O) groups excluding carboxylic acids is 1. The van der Waals surface area contributed by atoms with Crippen molar-refractivity contribution >= 4 is 34.7 Å². The maximum Gasteiger partial charge on any atom is 0.398 e. The van der Waals surface area contributed by atoms with Crippen LogP contribution in [0.15, 0.2) is 46.9 Å². The number of benzene rings is 1. The van der Waals surface area contributed by atoms with E-state index in [0.717, 1.165) is 5.56 Å². The van der Waals surface area contributed by atoms with Gasteiger partial charge in [-0.15, -0.1) is 23.1 Å². The molecule has 0 aliphatic heterocycles. The van der Waals surface area contributed by atoms with Crippen molar-refractivity contribution in [2.45, 2.75) is 11.1 Å². The number of carbonyl (C=O) groups is 1. The molecule has 5 nitrogen and oxygen atoms in total. The highest BCUT2D eigenvalue weighted by molar-refractivity contribution is 7.99. The SMILES string of the molecule is Cn1cc(-c2nc(C(=O)Nc3ccccc3SCC(F)(F)F)cs2)cn1. The van der Waals surface area contributed by atoms with E-state index >= 15 is 0 Å². The van der Waals surface area contributed by atoms with Gasteiger partial charge in [0.2, 0.25) is 0 Å². The topological polar surface area (TPSA) is 59.8 Å². The van der Waals surface area contributed by atoms with Gasteiger partial charge in [0.25, 0.3) is 5.91 Å². The van der Waals surface area contributed by atoms with Crippen LogP contribution in [0.3, 0.4) is 0 Å². The highest BCUT2D eigenvalue weighted by Gasteiger charge is 2.27. The number of para-hydroxylation sites is 1. The minimum absolute atomic E-state index is 0.199. The van der Waals surface area contributed by atoms with Crippen molar-refractivity contribution in [3.63, 3.8) is 0 Å². The lowest BCUT2D eigenvalue weighted by Crippen LogP contribution is -2.14. The first kappa shape index (κ1) is 18.5. The summed E-state index contributed by atoms with van der Waals surface area (Å²) in [6.45, 7) is 0. The van der Waals surface area contributed by atoms with E-state index in [4.69, 9.17) is 0 Å². The Labute approximate surface area is 155 Å². The molecule has 136 valence electrons. The summed E-state index contributed by atoms with van der Waals surface area (Å²) in [6.07, 6.45) is -0.859. The molecule has 0 atom stereocenters. The molecule has 3 rings (SSSR count). The maximum absolute atomic E-state index is 12.4. The van der Waals surface area contributed by atoms with Gasteiger partial charge in [0.05, 0.1) is 17.6 Å². The molecular weight excluding hydrogens is 385 g/mol. The second-order valence-electron chi connectivity index (χ2n) is 5.29. The van der Waals surface area contributed by atoms with Gasteiger partial charge in [0.15, 0.2) is 0 Å². The van der Waals surface area contributed by atoms with Crippen molar-refractivity contribution in [3.8, 4) is 10.6 Å². The molecule has 1 aromatic carbocycles. The highest BCUT2D eigenvalue weighted by atomic mass is 32.2. The van der Waals surface area contributed by atoms with E-state index in [1.54, 1.807) is 47.7 Å². The van der Waals surface area contributed by atoms with Crippen molar-refractivity contribution in [1.82, 2.24) is 14.8 Å². The van der Waals surface area contributed by atoms with Crippen molar-refractivity contribution in [3.05, 3.63) is 47.7 Å². The second kappa shape index (κ2) is 7.50. The van der Waals surface area contributed by atoms with Crippen LogP contribution < -0.4 is 5.32 Å². The molecule has 26 heavy (non-hydrogen) atoms. The summed E-state index contributed by atoms with van der Waals surface area (Å²) in [5.74, 6) is -1.50. The standard InChI is InChI=1S/C16H13F3N4OS2/c1-23-7-10(6-20-23)15-22-12(8-25-15)14(24)21-11-4-2-3-5-13(11)26-9-16(17,18)19/h2-8H,9H2,1H3,(H,21,24). The molecule has 0 unspecified atom stereocenters. The van der Waals surface area contributed by atoms with Crippen LogP contribution >= 0.6 is 23.1 Å². The van der Waals surface area contributed by atoms with E-state index in [2.05, 4.69) is 15.4 Å². The summed E-state index contributed by atoms with van der Waals surface area (Å²) >= 11 is 1.92. The first-order chi connectivity index (χ1) is 12.3. The number of hydrogen-bond acceptors (Lipinski definition) is 5. The fourth-order valence-corrected chi connectivity index (χ4v) is 3.63. The Morgan fingerprint density at radius 1 is 1.35 bits per heavy atom. The summed E-state index contributed by atoms with van der Waals surface area (Å²) in [5, 5.41) is 8.93. The maximum atomic E-state index is 12.4. The minimum Gasteiger partial charge on any atom is -0.320 e. The number of anilines is 1. The number of hydrogen-bond donors (Lipinski definition) is 1. The Kier molecular flexibility index (Phi) is 5.33. The third-order valence-electron chi connectivity index (χ3n) is 3.22. The zero-order valence-corrected chi connectivity index (χ0v) is 15.1. The quantitative estimate of drug-likeness (QED) is 0.645. The van der Waals surface area contributed by atoms with E-state index < -0.39 is 17.8 Å². The van der Waals surface area contributed by atoms with Gasteiger partial charge in [-0.25, -0.2) is 4.98 Å². The average molecular weight is 398 g/mol. The van der Waals surface area contributed by atoms with Crippen molar-refractivity contribution in [2.24, 2.45) is 7.05 Å². The first-order valence-corrected chi connectivity index (χ1v) is 9.23. The van der Waals surface area contributed by atoms with Gasteiger partial charge in [0.1, 0.15) is 10.7 Å². The van der Waals surface area contributed by atoms with Crippen LogP contribution in [0.25, 0.3) is 10.6 Å². The lowest BCUT2D eigenvalue weighted by molar-refractivity contribution is -0.105. The third-order valence-corrected chi connectivity index (χ3v) is 5.25. The normalized spacial score (nSPS) is 11.5. The van der Waals surface area contributed by atoms with Gasteiger partial charge >= 0.3 is 6.18 Å². The van der Waals surface area contributed by atoms with Crippen LogP contribution in [-0.4, -0.2) is 32.6 Å². The molecule has 0 saturated carbocycles. The number of rotatable bonds is 5. The Bertz CT molecular complexity index is 920. The number of thiazole rings is 1. The van der Waals surface area contributed by atoms with Crippen molar-refractivity contribution in [2.75, 3.05) is 11.1 Å². The molecule has 2 heterocycles. The molecule has 0 radical (unpaired) electrons. The summed E-state index contributed by atoms with van der Waals surface area (Å²) < 4.78 is 39.0. The molecule has 0 fully saturated rings. The number of aromatic nitrogens is 3. The Balaban J connectivity index is 1.73. The molecule has 0 aliphatic rings. The minimum atomic E-state index is -4.28. The number of aryl methyl sites for hydroxylation is 1. The number of nitrogens with one attached hydrogen (secondary N) is 1. The Hall–Kier alpha value is -2.33. The molecule has 3 aromatic rings. The fourth-order valence-electron chi connectivity index (χ4n) is 2.08. The molecule has 1 N–H and O–H groups in total. The van der Waals surface area contributed by atoms with Crippen LogP contribution in [0.5, 0.6) is 0 Å². The van der Waals surface area contributed by atoms with Crippen LogP contribution in [0, 0.1) is 0 Å². The van der Waals surface area contributed by atoms with Crippen molar-refractivity contribution < 1.29 is 18.0 Å². The highest BCUT2D eigenvalue weighted by Crippen LogP contribution is 2.32. The van der Waals surface area contributed by atoms with Crippen LogP contribution in [0.2, 0.25) is 0 Å². The fraction of sp³-hybridized carbons (Fsp3) is 0.188. The van der Waals surface area contributed by atoms with Gasteiger partial charge < -0.3 is 5.32 Å². The average Bonchev–Trinajstić information content (AvgIpc) is 3.22. The summed E-state index contributed by atoms with van der Waals surface area (Å²) in [6, 6.07) is 6.37. The number of alkyl halides is 3. The van der Waals surface area contributed by atoms with Crippen LogP contribution in [-0.2, 0) is 7.05 Å². The van der Waals surface area contributed by atoms with E-state index in [1.165, 1.54) is 17.4 Å². The van der Waals surface area contributed by atoms with Crippen molar-refractivity contribution in [1.29, 1.82) is 0 Å². The van der Waals surface area contributed by atoms with E-state index in [0.29, 0.717) is 27.4 Å².